The van der Waals surface area contributed by atoms with Gasteiger partial charge in [0.15, 0.2) is 0 Å². The van der Waals surface area contributed by atoms with Gasteiger partial charge in [0.1, 0.15) is 22.9 Å². The van der Waals surface area contributed by atoms with Crippen LogP contribution in [0.4, 0.5) is 5.82 Å². The molecule has 5 nitrogen and oxygen atoms in total. The third-order valence-electron chi connectivity index (χ3n) is 4.00. The number of fused-ring (bicyclic) bond motifs is 1. The lowest BCUT2D eigenvalue weighted by atomic mass is 10.1. The smallest absolute Gasteiger partial charge is 0.148 e. The molecule has 0 bridgehead atoms. The first kappa shape index (κ1) is 15.3. The summed E-state index contributed by atoms with van der Waals surface area (Å²) >= 11 is 0. The highest BCUT2D eigenvalue weighted by molar-refractivity contribution is 5.83. The Morgan fingerprint density at radius 1 is 1.22 bits per heavy atom. The number of nitrogens with zero attached hydrogens (tertiary/aromatic N) is 2. The molecule has 3 aromatic rings. The van der Waals surface area contributed by atoms with Gasteiger partial charge in [0.2, 0.25) is 0 Å². The topological polar surface area (TPSA) is 60.2 Å². The summed E-state index contributed by atoms with van der Waals surface area (Å²) in [5.41, 5.74) is 3.73. The SMILES string of the molecule is COc1ccc2oc(C(C)Nc3nc(C)cnc3C)c(C)c2c1. The van der Waals surface area contributed by atoms with Gasteiger partial charge in [-0.15, -0.1) is 0 Å². The molecule has 0 saturated heterocycles. The summed E-state index contributed by atoms with van der Waals surface area (Å²) in [5.74, 6) is 2.51. The maximum Gasteiger partial charge on any atom is 0.148 e. The molecule has 1 aromatic carbocycles. The summed E-state index contributed by atoms with van der Waals surface area (Å²) in [6.07, 6.45) is 1.77. The van der Waals surface area contributed by atoms with Crippen LogP contribution in [0.25, 0.3) is 11.0 Å². The Morgan fingerprint density at radius 3 is 2.74 bits per heavy atom. The summed E-state index contributed by atoms with van der Waals surface area (Å²) in [5, 5.41) is 4.47. The Kier molecular flexibility index (Phi) is 3.94. The van der Waals surface area contributed by atoms with Gasteiger partial charge in [-0.25, -0.2) is 4.98 Å². The standard InChI is InChI=1S/C18H21N3O2/c1-10-9-19-13(4)18(20-10)21-12(3)17-11(2)15-8-14(22-5)6-7-16(15)23-17/h6-9,12H,1-5H3,(H,20,21). The molecule has 0 aliphatic rings. The molecule has 0 saturated carbocycles. The van der Waals surface area contributed by atoms with Gasteiger partial charge in [-0.05, 0) is 45.9 Å². The van der Waals surface area contributed by atoms with Gasteiger partial charge in [-0.3, -0.25) is 4.98 Å². The molecule has 0 spiro atoms. The van der Waals surface area contributed by atoms with Crippen molar-refractivity contribution in [2.24, 2.45) is 0 Å². The van der Waals surface area contributed by atoms with Crippen LogP contribution in [0, 0.1) is 20.8 Å². The van der Waals surface area contributed by atoms with Gasteiger partial charge in [0.05, 0.1) is 24.5 Å². The van der Waals surface area contributed by atoms with Crippen molar-refractivity contribution in [1.82, 2.24) is 9.97 Å². The van der Waals surface area contributed by atoms with Crippen LogP contribution in [0.3, 0.4) is 0 Å². The van der Waals surface area contributed by atoms with Crippen LogP contribution in [0.15, 0.2) is 28.8 Å². The van der Waals surface area contributed by atoms with E-state index in [2.05, 4.69) is 29.1 Å². The normalized spacial score (nSPS) is 12.4. The van der Waals surface area contributed by atoms with Crippen molar-refractivity contribution < 1.29 is 9.15 Å². The molecule has 0 aliphatic carbocycles. The lowest BCUT2D eigenvalue weighted by Gasteiger charge is -2.15. The molecule has 23 heavy (non-hydrogen) atoms. The molecule has 120 valence electrons. The van der Waals surface area contributed by atoms with Gasteiger partial charge < -0.3 is 14.5 Å². The Bertz CT molecular complexity index is 855. The summed E-state index contributed by atoms with van der Waals surface area (Å²) in [7, 11) is 1.67. The number of ether oxygens (including phenoxy) is 1. The second-order valence-electron chi connectivity index (χ2n) is 5.76. The van der Waals surface area contributed by atoms with Gasteiger partial charge in [-0.2, -0.15) is 0 Å². The van der Waals surface area contributed by atoms with E-state index in [9.17, 15) is 0 Å². The zero-order valence-corrected chi connectivity index (χ0v) is 14.1. The number of methoxy groups -OCH3 is 1. The van der Waals surface area contributed by atoms with Crippen molar-refractivity contribution in [3.63, 3.8) is 0 Å². The van der Waals surface area contributed by atoms with Crippen LogP contribution in [-0.4, -0.2) is 17.1 Å². The van der Waals surface area contributed by atoms with Crippen molar-refractivity contribution in [2.45, 2.75) is 33.7 Å². The van der Waals surface area contributed by atoms with Crippen LogP contribution < -0.4 is 10.1 Å². The van der Waals surface area contributed by atoms with E-state index in [0.29, 0.717) is 0 Å². The van der Waals surface area contributed by atoms with Crippen molar-refractivity contribution in [1.29, 1.82) is 0 Å². The number of furan rings is 1. The lowest BCUT2D eigenvalue weighted by Crippen LogP contribution is -2.10. The van der Waals surface area contributed by atoms with Crippen LogP contribution in [-0.2, 0) is 0 Å². The van der Waals surface area contributed by atoms with Crippen LogP contribution in [0.5, 0.6) is 5.75 Å². The molecule has 1 N–H and O–H groups in total. The molecule has 5 heteroatoms. The minimum absolute atomic E-state index is 0.0109. The minimum atomic E-state index is -0.0109. The molecule has 1 atom stereocenters. The molecule has 0 amide bonds. The summed E-state index contributed by atoms with van der Waals surface area (Å²) in [4.78, 5) is 8.85. The van der Waals surface area contributed by atoms with E-state index >= 15 is 0 Å². The highest BCUT2D eigenvalue weighted by Gasteiger charge is 2.18. The largest absolute Gasteiger partial charge is 0.497 e. The number of benzene rings is 1. The first-order valence-electron chi connectivity index (χ1n) is 7.63. The van der Waals surface area contributed by atoms with E-state index in [1.54, 1.807) is 13.3 Å². The van der Waals surface area contributed by atoms with Gasteiger partial charge in [0.25, 0.3) is 0 Å². The Morgan fingerprint density at radius 2 is 2.00 bits per heavy atom. The zero-order chi connectivity index (χ0) is 16.6. The third-order valence-corrected chi connectivity index (χ3v) is 4.00. The predicted octanol–water partition coefficient (Wildman–Crippen LogP) is 4.33. The fourth-order valence-corrected chi connectivity index (χ4v) is 2.70. The molecule has 2 heterocycles. The Labute approximate surface area is 135 Å². The van der Waals surface area contributed by atoms with Gasteiger partial charge in [-0.1, -0.05) is 0 Å². The molecule has 0 radical (unpaired) electrons. The molecule has 3 rings (SSSR count). The third kappa shape index (κ3) is 2.86. The second kappa shape index (κ2) is 5.91. The molecule has 1 unspecified atom stereocenters. The number of hydrogen-bond donors (Lipinski definition) is 1. The summed E-state index contributed by atoms with van der Waals surface area (Å²) < 4.78 is 11.3. The predicted molar refractivity (Wildman–Crippen MR) is 91.0 cm³/mol. The highest BCUT2D eigenvalue weighted by atomic mass is 16.5. The molecular formula is C18H21N3O2. The van der Waals surface area contributed by atoms with Crippen molar-refractivity contribution >= 4 is 16.8 Å². The fourth-order valence-electron chi connectivity index (χ4n) is 2.70. The van der Waals surface area contributed by atoms with E-state index in [0.717, 1.165) is 45.2 Å². The monoisotopic (exact) mass is 311 g/mol. The van der Waals surface area contributed by atoms with E-state index < -0.39 is 0 Å². The maximum atomic E-state index is 6.04. The van der Waals surface area contributed by atoms with E-state index in [1.165, 1.54) is 0 Å². The van der Waals surface area contributed by atoms with Gasteiger partial charge >= 0.3 is 0 Å². The highest BCUT2D eigenvalue weighted by Crippen LogP contribution is 2.33. The average molecular weight is 311 g/mol. The van der Waals surface area contributed by atoms with Crippen LogP contribution >= 0.6 is 0 Å². The molecule has 0 aliphatic heterocycles. The zero-order valence-electron chi connectivity index (χ0n) is 14.1. The van der Waals surface area contributed by atoms with E-state index in [-0.39, 0.29) is 6.04 Å². The maximum absolute atomic E-state index is 6.04. The first-order valence-corrected chi connectivity index (χ1v) is 7.63. The van der Waals surface area contributed by atoms with E-state index in [4.69, 9.17) is 9.15 Å². The fraction of sp³-hybridized carbons (Fsp3) is 0.333. The second-order valence-corrected chi connectivity index (χ2v) is 5.76. The summed E-state index contributed by atoms with van der Waals surface area (Å²) in [6, 6.07) is 5.84. The van der Waals surface area contributed by atoms with Gasteiger partial charge in [0, 0.05) is 17.1 Å². The number of aryl methyl sites for hydroxylation is 3. The van der Waals surface area contributed by atoms with Crippen LogP contribution in [0.1, 0.15) is 35.7 Å². The molecule has 2 aromatic heterocycles. The molecular weight excluding hydrogens is 290 g/mol. The van der Waals surface area contributed by atoms with Crippen molar-refractivity contribution in [3.8, 4) is 5.75 Å². The van der Waals surface area contributed by atoms with Crippen molar-refractivity contribution in [2.75, 3.05) is 12.4 Å². The Hall–Kier alpha value is -2.56. The van der Waals surface area contributed by atoms with E-state index in [1.807, 2.05) is 32.0 Å². The first-order chi connectivity index (χ1) is 11.0. The lowest BCUT2D eigenvalue weighted by molar-refractivity contribution is 0.415. The van der Waals surface area contributed by atoms with Crippen molar-refractivity contribution in [3.05, 3.63) is 47.1 Å². The number of hydrogen-bond acceptors (Lipinski definition) is 5. The number of aromatic nitrogens is 2. The molecule has 0 fully saturated rings. The quantitative estimate of drug-likeness (QED) is 0.777. The summed E-state index contributed by atoms with van der Waals surface area (Å²) in [6.45, 7) is 8.00. The number of anilines is 1. The minimum Gasteiger partial charge on any atom is -0.497 e. The number of rotatable bonds is 4. The number of nitrogens with one attached hydrogen (secondary N) is 1. The van der Waals surface area contributed by atoms with Crippen LogP contribution in [0.2, 0.25) is 0 Å². The average Bonchev–Trinajstić information content (AvgIpc) is 2.87. The Balaban J connectivity index is 1.96.